The van der Waals surface area contributed by atoms with E-state index in [0.717, 1.165) is 0 Å². The molecule has 0 aromatic carbocycles. The lowest BCUT2D eigenvalue weighted by Gasteiger charge is -1.73. The molecular weight excluding hydrogens is 263 g/mol. The summed E-state index contributed by atoms with van der Waals surface area (Å²) in [5, 5.41) is 5.76. The molecule has 9 heavy (non-hydrogen) atoms. The van der Waals surface area contributed by atoms with Crippen LogP contribution in [0.4, 0.5) is 0 Å². The van der Waals surface area contributed by atoms with E-state index >= 15 is 0 Å². The molecule has 3 heteroatoms. The van der Waals surface area contributed by atoms with Gasteiger partial charge in [-0.15, -0.1) is 22.7 Å². The van der Waals surface area contributed by atoms with Crippen LogP contribution in [0.3, 0.4) is 0 Å². The van der Waals surface area contributed by atoms with Crippen LogP contribution in [0.2, 0.25) is 0 Å². The van der Waals surface area contributed by atoms with E-state index in [1.807, 2.05) is 22.7 Å². The van der Waals surface area contributed by atoms with Crippen molar-refractivity contribution in [2.75, 3.05) is 0 Å². The zero-order valence-electron chi connectivity index (χ0n) is 4.43. The number of fused-ring (bicyclic) bond motifs is 1. The number of hydrogen-bond acceptors (Lipinski definition) is 2. The van der Waals surface area contributed by atoms with Crippen molar-refractivity contribution in [2.24, 2.45) is 0 Å². The quantitative estimate of drug-likeness (QED) is 0.639. The third kappa shape index (κ3) is 0.911. The summed E-state index contributed by atoms with van der Waals surface area (Å²) in [6, 6.07) is 2.18. The summed E-state index contributed by atoms with van der Waals surface area (Å²) in [5.41, 5.74) is 0. The molecular formula is C6H3IS2. The van der Waals surface area contributed by atoms with Gasteiger partial charge >= 0.3 is 0 Å². The summed E-state index contributed by atoms with van der Waals surface area (Å²) in [7, 11) is 0. The normalized spacial score (nSPS) is 10.8. The molecule has 0 saturated carbocycles. The van der Waals surface area contributed by atoms with Gasteiger partial charge in [-0.05, 0) is 34.0 Å². The average molecular weight is 266 g/mol. The lowest BCUT2D eigenvalue weighted by molar-refractivity contribution is 1.99. The zero-order valence-corrected chi connectivity index (χ0v) is 8.22. The maximum atomic E-state index is 2.37. The Bertz CT molecular complexity index is 320. The number of thiophene rings is 2. The molecule has 0 aliphatic heterocycles. The molecule has 2 rings (SSSR count). The SMILES string of the molecule is Ic1csc2sccc12. The molecule has 0 aliphatic carbocycles. The van der Waals surface area contributed by atoms with Gasteiger partial charge in [-0.25, -0.2) is 0 Å². The Morgan fingerprint density at radius 1 is 1.33 bits per heavy atom. The molecule has 0 aliphatic rings. The number of rotatable bonds is 0. The van der Waals surface area contributed by atoms with Gasteiger partial charge in [-0.2, -0.15) is 0 Å². The second kappa shape index (κ2) is 2.21. The van der Waals surface area contributed by atoms with Crippen molar-refractivity contribution in [2.45, 2.75) is 0 Å². The molecule has 2 aromatic heterocycles. The van der Waals surface area contributed by atoms with Crippen molar-refractivity contribution in [3.05, 3.63) is 20.4 Å². The van der Waals surface area contributed by atoms with Crippen molar-refractivity contribution < 1.29 is 0 Å². The largest absolute Gasteiger partial charge is 0.133 e. The van der Waals surface area contributed by atoms with Gasteiger partial charge < -0.3 is 0 Å². The molecule has 0 fully saturated rings. The van der Waals surface area contributed by atoms with Crippen LogP contribution < -0.4 is 0 Å². The number of halogens is 1. The monoisotopic (exact) mass is 266 g/mol. The van der Waals surface area contributed by atoms with Crippen molar-refractivity contribution in [1.82, 2.24) is 0 Å². The smallest absolute Gasteiger partial charge is 0.0875 e. The topological polar surface area (TPSA) is 0 Å². The molecule has 2 aromatic rings. The van der Waals surface area contributed by atoms with Crippen LogP contribution in [-0.2, 0) is 0 Å². The Morgan fingerprint density at radius 3 is 3.00 bits per heavy atom. The van der Waals surface area contributed by atoms with Crippen molar-refractivity contribution in [3.8, 4) is 0 Å². The highest BCUT2D eigenvalue weighted by Crippen LogP contribution is 2.31. The molecule has 0 spiro atoms. The van der Waals surface area contributed by atoms with E-state index < -0.39 is 0 Å². The molecule has 2 heterocycles. The Labute approximate surface area is 74.7 Å². The molecule has 0 bridgehead atoms. The van der Waals surface area contributed by atoms with E-state index in [1.54, 1.807) is 0 Å². The summed E-state index contributed by atoms with van der Waals surface area (Å²) in [5.74, 6) is 0. The van der Waals surface area contributed by atoms with E-state index in [9.17, 15) is 0 Å². The second-order valence-corrected chi connectivity index (χ2v) is 4.92. The van der Waals surface area contributed by atoms with E-state index in [-0.39, 0.29) is 0 Å². The zero-order chi connectivity index (χ0) is 6.27. The first-order chi connectivity index (χ1) is 4.38. The van der Waals surface area contributed by atoms with Crippen molar-refractivity contribution >= 4 is 54.7 Å². The third-order valence-corrected chi connectivity index (χ3v) is 4.54. The highest BCUT2D eigenvalue weighted by molar-refractivity contribution is 14.1. The van der Waals surface area contributed by atoms with Crippen LogP contribution in [0.5, 0.6) is 0 Å². The molecule has 0 nitrogen and oxygen atoms in total. The molecule has 0 atom stereocenters. The van der Waals surface area contributed by atoms with Gasteiger partial charge in [0.25, 0.3) is 0 Å². The third-order valence-electron chi connectivity index (χ3n) is 1.16. The van der Waals surface area contributed by atoms with E-state index in [0.29, 0.717) is 0 Å². The van der Waals surface area contributed by atoms with Crippen LogP contribution >= 0.6 is 45.3 Å². The highest BCUT2D eigenvalue weighted by Gasteiger charge is 1.99. The first-order valence-electron chi connectivity index (χ1n) is 2.48. The molecule has 0 saturated heterocycles. The predicted octanol–water partition coefficient (Wildman–Crippen LogP) is 3.57. The van der Waals surface area contributed by atoms with Gasteiger partial charge in [-0.1, -0.05) is 0 Å². The standard InChI is InChI=1S/C6H3IS2/c7-5-3-9-6-4(5)1-2-8-6/h1-3H. The van der Waals surface area contributed by atoms with Gasteiger partial charge in [0, 0.05) is 14.3 Å². The van der Waals surface area contributed by atoms with Crippen molar-refractivity contribution in [1.29, 1.82) is 0 Å². The first kappa shape index (κ1) is 6.12. The fourth-order valence-corrected chi connectivity index (χ4v) is 3.74. The Morgan fingerprint density at radius 2 is 2.22 bits per heavy atom. The molecule has 0 unspecified atom stereocenters. The lowest BCUT2D eigenvalue weighted by atomic mass is 10.4. The summed E-state index contributed by atoms with van der Waals surface area (Å²) in [4.78, 5) is 0. The van der Waals surface area contributed by atoms with Crippen molar-refractivity contribution in [3.63, 3.8) is 0 Å². The van der Waals surface area contributed by atoms with Gasteiger partial charge in [0.05, 0.1) is 4.01 Å². The summed E-state index contributed by atoms with van der Waals surface area (Å²) in [6.45, 7) is 0. The van der Waals surface area contributed by atoms with Crippen LogP contribution in [0, 0.1) is 3.57 Å². The van der Waals surface area contributed by atoms with Crippen LogP contribution in [0.1, 0.15) is 0 Å². The highest BCUT2D eigenvalue weighted by atomic mass is 127. The number of hydrogen-bond donors (Lipinski definition) is 0. The maximum Gasteiger partial charge on any atom is 0.0875 e. The van der Waals surface area contributed by atoms with E-state index in [4.69, 9.17) is 0 Å². The maximum absolute atomic E-state index is 2.37. The minimum atomic E-state index is 1.38. The van der Waals surface area contributed by atoms with Gasteiger partial charge in [0.15, 0.2) is 0 Å². The molecule has 46 valence electrons. The van der Waals surface area contributed by atoms with E-state index in [2.05, 4.69) is 39.4 Å². The Kier molecular flexibility index (Phi) is 1.51. The van der Waals surface area contributed by atoms with Crippen LogP contribution in [0.15, 0.2) is 16.8 Å². The van der Waals surface area contributed by atoms with Gasteiger partial charge in [0.2, 0.25) is 0 Å². The van der Waals surface area contributed by atoms with Gasteiger partial charge in [-0.3, -0.25) is 0 Å². The lowest BCUT2D eigenvalue weighted by Crippen LogP contribution is -1.53. The first-order valence-corrected chi connectivity index (χ1v) is 5.32. The fraction of sp³-hybridized carbons (Fsp3) is 0. The van der Waals surface area contributed by atoms with Crippen LogP contribution in [-0.4, -0.2) is 0 Å². The van der Waals surface area contributed by atoms with E-state index in [1.165, 1.54) is 13.0 Å². The summed E-state index contributed by atoms with van der Waals surface area (Å²) >= 11 is 6.02. The summed E-state index contributed by atoms with van der Waals surface area (Å²) < 4.78 is 2.83. The minimum absolute atomic E-state index is 1.38. The minimum Gasteiger partial charge on any atom is -0.133 e. The molecule has 0 amide bonds. The average Bonchev–Trinajstić information content (AvgIpc) is 2.35. The molecule has 0 radical (unpaired) electrons. The molecule has 0 N–H and O–H groups in total. The van der Waals surface area contributed by atoms with Crippen LogP contribution in [0.25, 0.3) is 9.40 Å². The fourth-order valence-electron chi connectivity index (χ4n) is 0.732. The second-order valence-electron chi connectivity index (χ2n) is 1.71. The predicted molar refractivity (Wildman–Crippen MR) is 52.4 cm³/mol. The summed E-state index contributed by atoms with van der Waals surface area (Å²) in [6.07, 6.45) is 0. The Balaban J connectivity index is 2.99. The van der Waals surface area contributed by atoms with Gasteiger partial charge in [0.1, 0.15) is 0 Å². The Hall–Kier alpha value is 0.390.